The number of carbonyl (C=O) groups is 4. The van der Waals surface area contributed by atoms with Crippen LogP contribution in [0.25, 0.3) is 0 Å². The summed E-state index contributed by atoms with van der Waals surface area (Å²) in [5, 5.41) is 10.6. The van der Waals surface area contributed by atoms with E-state index in [9.17, 15) is 43.2 Å². The molecule has 7 atom stereocenters. The van der Waals surface area contributed by atoms with Crippen molar-refractivity contribution in [3.05, 3.63) is 0 Å². The number of phosphoric acid groups is 2. The van der Waals surface area contributed by atoms with Crippen LogP contribution in [-0.2, 0) is 65.4 Å². The molecule has 0 amide bonds. The van der Waals surface area contributed by atoms with Gasteiger partial charge in [0.2, 0.25) is 0 Å². The maximum absolute atomic E-state index is 13.1. The Morgan fingerprint density at radius 2 is 0.485 bits per heavy atom. The molecule has 0 rings (SSSR count). The Hall–Kier alpha value is -1.94. The van der Waals surface area contributed by atoms with Crippen LogP contribution in [0.2, 0.25) is 0 Å². The zero-order valence-electron chi connectivity index (χ0n) is 65.1. The van der Waals surface area contributed by atoms with E-state index in [1.165, 1.54) is 205 Å². The summed E-state index contributed by atoms with van der Waals surface area (Å²) in [6, 6.07) is 0. The van der Waals surface area contributed by atoms with Crippen molar-refractivity contribution in [1.29, 1.82) is 0 Å². The summed E-state index contributed by atoms with van der Waals surface area (Å²) in [7, 11) is -9.92. The number of aliphatic hydroxyl groups excluding tert-OH is 1. The number of carbonyl (C=O) groups excluding carboxylic acids is 4. The van der Waals surface area contributed by atoms with Gasteiger partial charge in [0.15, 0.2) is 12.2 Å². The van der Waals surface area contributed by atoms with Crippen molar-refractivity contribution in [3.8, 4) is 0 Å². The normalized spacial score (nSPS) is 14.6. The zero-order valence-corrected chi connectivity index (χ0v) is 66.9. The lowest BCUT2D eigenvalue weighted by Gasteiger charge is -2.21. The van der Waals surface area contributed by atoms with E-state index in [0.717, 1.165) is 120 Å². The average molecular weight is 1450 g/mol. The second-order valence-electron chi connectivity index (χ2n) is 30.2. The molecule has 0 aliphatic rings. The van der Waals surface area contributed by atoms with Gasteiger partial charge in [-0.25, -0.2) is 9.13 Å². The molecule has 0 fully saturated rings. The topological polar surface area (TPSA) is 237 Å². The Labute approximate surface area is 607 Å². The van der Waals surface area contributed by atoms with Crippen LogP contribution in [0.15, 0.2) is 0 Å². The predicted molar refractivity (Wildman–Crippen MR) is 404 cm³/mol. The standard InChI is InChI=1S/C80H156O17P2/c1-9-72(7)58-50-42-34-28-22-17-15-13-11-12-14-16-18-24-30-36-46-54-62-79(84)97-76(67-91-78(83)61-53-45-39-38-43-51-59-73(8)10-2)69-95-99(88,89)93-65-74(81)64-92-98(86,87)94-68-75(96-80(85)63-55-47-37-31-25-27-33-41-49-57-71(5)6)66-90-77(82)60-52-44-35-29-23-20-19-21-26-32-40-48-56-70(3)4/h70-76,81H,9-69H2,1-8H3,(H,86,87)(H,88,89)/t72?,73?,74-,75-,76-/m1/s1. The lowest BCUT2D eigenvalue weighted by atomic mass is 9.99. The van der Waals surface area contributed by atoms with Gasteiger partial charge >= 0.3 is 39.5 Å². The quantitative estimate of drug-likeness (QED) is 0.0222. The third kappa shape index (κ3) is 71.5. The van der Waals surface area contributed by atoms with Crippen LogP contribution in [0, 0.1) is 23.7 Å². The lowest BCUT2D eigenvalue weighted by Crippen LogP contribution is -2.30. The number of hydrogen-bond acceptors (Lipinski definition) is 15. The van der Waals surface area contributed by atoms with Crippen molar-refractivity contribution in [2.75, 3.05) is 39.6 Å². The third-order valence-electron chi connectivity index (χ3n) is 19.3. The van der Waals surface area contributed by atoms with Gasteiger partial charge in [-0.05, 0) is 49.4 Å². The number of ether oxygens (including phenoxy) is 4. The fourth-order valence-corrected chi connectivity index (χ4v) is 13.8. The van der Waals surface area contributed by atoms with Gasteiger partial charge in [-0.15, -0.1) is 0 Å². The van der Waals surface area contributed by atoms with E-state index >= 15 is 0 Å². The molecule has 0 aromatic rings. The van der Waals surface area contributed by atoms with Gasteiger partial charge in [0.25, 0.3) is 0 Å². The molecule has 0 heterocycles. The van der Waals surface area contributed by atoms with Crippen molar-refractivity contribution in [2.45, 2.75) is 427 Å². The maximum atomic E-state index is 13.1. The highest BCUT2D eigenvalue weighted by Crippen LogP contribution is 2.45. The molecular formula is C80H156O17P2. The van der Waals surface area contributed by atoms with E-state index < -0.39 is 97.5 Å². The van der Waals surface area contributed by atoms with Crippen LogP contribution in [0.4, 0.5) is 0 Å². The Morgan fingerprint density at radius 3 is 0.717 bits per heavy atom. The molecular weight excluding hydrogens is 1290 g/mol. The molecule has 0 aliphatic carbocycles. The summed E-state index contributed by atoms with van der Waals surface area (Å²) in [5.74, 6) is 1.00. The second kappa shape index (κ2) is 69.1. The van der Waals surface area contributed by atoms with Crippen LogP contribution < -0.4 is 0 Å². The average Bonchev–Trinajstić information content (AvgIpc) is 1.01. The van der Waals surface area contributed by atoms with Gasteiger partial charge in [-0.1, -0.05) is 357 Å². The van der Waals surface area contributed by atoms with Crippen molar-refractivity contribution in [1.82, 2.24) is 0 Å². The summed E-state index contributed by atoms with van der Waals surface area (Å²) >= 11 is 0. The first-order valence-corrected chi connectivity index (χ1v) is 44.3. The van der Waals surface area contributed by atoms with Gasteiger partial charge < -0.3 is 33.8 Å². The van der Waals surface area contributed by atoms with Gasteiger partial charge in [0, 0.05) is 25.7 Å². The van der Waals surface area contributed by atoms with Crippen molar-refractivity contribution in [3.63, 3.8) is 0 Å². The molecule has 0 saturated carbocycles. The van der Waals surface area contributed by atoms with Crippen LogP contribution in [0.5, 0.6) is 0 Å². The predicted octanol–water partition coefficient (Wildman–Crippen LogP) is 23.6. The minimum absolute atomic E-state index is 0.105. The highest BCUT2D eigenvalue weighted by atomic mass is 31.2. The zero-order chi connectivity index (χ0) is 73.1. The van der Waals surface area contributed by atoms with E-state index in [4.69, 9.17) is 37.0 Å². The Bertz CT molecular complexity index is 1940. The SMILES string of the molecule is CCC(C)CCCCCCCCCCCCCCCCCCCCC(=O)O[C@H](COC(=O)CCCCCCCCC(C)CC)COP(=O)(O)OC[C@H](O)COP(=O)(O)OC[C@@H](COC(=O)CCCCCCCCCCCCCCC(C)C)OC(=O)CCCCCCCCCCCC(C)C. The monoisotopic (exact) mass is 1450 g/mol. The van der Waals surface area contributed by atoms with Crippen LogP contribution in [0.3, 0.4) is 0 Å². The Morgan fingerprint density at radius 1 is 0.283 bits per heavy atom. The number of aliphatic hydroxyl groups is 1. The van der Waals surface area contributed by atoms with E-state index in [-0.39, 0.29) is 25.7 Å². The molecule has 588 valence electrons. The van der Waals surface area contributed by atoms with Crippen molar-refractivity contribution in [2.24, 2.45) is 23.7 Å². The molecule has 3 N–H and O–H groups in total. The van der Waals surface area contributed by atoms with Crippen LogP contribution >= 0.6 is 15.6 Å². The summed E-state index contributed by atoms with van der Waals surface area (Å²) < 4.78 is 68.6. The van der Waals surface area contributed by atoms with E-state index in [1.54, 1.807) is 0 Å². The molecule has 19 heteroatoms. The molecule has 0 bridgehead atoms. The minimum Gasteiger partial charge on any atom is -0.462 e. The summed E-state index contributed by atoms with van der Waals surface area (Å²) in [5.41, 5.74) is 0. The molecule has 0 aliphatic heterocycles. The number of esters is 4. The van der Waals surface area contributed by atoms with Gasteiger partial charge in [-0.3, -0.25) is 37.3 Å². The van der Waals surface area contributed by atoms with Gasteiger partial charge in [0.1, 0.15) is 19.3 Å². The summed E-state index contributed by atoms with van der Waals surface area (Å²) in [4.78, 5) is 72.9. The first kappa shape index (κ1) is 97.1. The second-order valence-corrected chi connectivity index (χ2v) is 33.1. The van der Waals surface area contributed by atoms with Crippen LogP contribution in [0.1, 0.15) is 409 Å². The summed E-state index contributed by atoms with van der Waals surface area (Å²) in [6.45, 7) is 14.2. The Kier molecular flexibility index (Phi) is 67.8. The highest BCUT2D eigenvalue weighted by molar-refractivity contribution is 7.47. The largest absolute Gasteiger partial charge is 0.472 e. The molecule has 17 nitrogen and oxygen atoms in total. The number of hydrogen-bond donors (Lipinski definition) is 3. The fourth-order valence-electron chi connectivity index (χ4n) is 12.2. The first-order valence-electron chi connectivity index (χ1n) is 41.3. The number of unbranched alkanes of at least 4 members (excludes halogenated alkanes) is 41. The van der Waals surface area contributed by atoms with Gasteiger partial charge in [0.05, 0.1) is 26.4 Å². The fraction of sp³-hybridized carbons (Fsp3) is 0.950. The maximum Gasteiger partial charge on any atom is 0.472 e. The van der Waals surface area contributed by atoms with Crippen LogP contribution in [-0.4, -0.2) is 96.7 Å². The van der Waals surface area contributed by atoms with Crippen molar-refractivity contribution < 1.29 is 80.2 Å². The van der Waals surface area contributed by atoms with E-state index in [0.29, 0.717) is 25.7 Å². The molecule has 99 heavy (non-hydrogen) atoms. The molecule has 0 aromatic carbocycles. The molecule has 0 spiro atoms. The summed E-state index contributed by atoms with van der Waals surface area (Å²) in [6.07, 6.45) is 55.6. The lowest BCUT2D eigenvalue weighted by molar-refractivity contribution is -0.161. The Balaban J connectivity index is 5.18. The van der Waals surface area contributed by atoms with Gasteiger partial charge in [-0.2, -0.15) is 0 Å². The van der Waals surface area contributed by atoms with E-state index in [1.807, 2.05) is 0 Å². The highest BCUT2D eigenvalue weighted by Gasteiger charge is 2.30. The number of phosphoric ester groups is 2. The molecule has 0 radical (unpaired) electrons. The van der Waals surface area contributed by atoms with E-state index in [2.05, 4.69) is 55.4 Å². The molecule has 0 aromatic heterocycles. The van der Waals surface area contributed by atoms with Crippen molar-refractivity contribution >= 4 is 39.5 Å². The minimum atomic E-state index is -4.96. The molecule has 0 saturated heterocycles. The third-order valence-corrected chi connectivity index (χ3v) is 21.2. The first-order chi connectivity index (χ1) is 47.7. The number of rotatable bonds is 77. The molecule has 4 unspecified atom stereocenters. The smallest absolute Gasteiger partial charge is 0.462 e.